The average molecular weight is 569 g/mol. The molecule has 0 spiro atoms. The maximum Gasteiger partial charge on any atom is 0.490 e. The van der Waals surface area contributed by atoms with Gasteiger partial charge in [-0.1, -0.05) is 48.5 Å². The third-order valence-electron chi connectivity index (χ3n) is 14.0. The lowest BCUT2D eigenvalue weighted by molar-refractivity contribution is -0.270. The van der Waals surface area contributed by atoms with E-state index in [9.17, 15) is 32.7 Å². The number of carboxylic acid groups (broad SMARTS) is 1. The van der Waals surface area contributed by atoms with Crippen LogP contribution in [0.25, 0.3) is 0 Å². The fourth-order valence-corrected chi connectivity index (χ4v) is 11.6. The van der Waals surface area contributed by atoms with Gasteiger partial charge in [-0.3, -0.25) is 9.59 Å². The number of Topliss-reactive ketones (excluding diaryl/α,β-unsaturated/α-hetero) is 1. The van der Waals surface area contributed by atoms with Crippen molar-refractivity contribution >= 4 is 17.7 Å². The van der Waals surface area contributed by atoms with Gasteiger partial charge in [0.15, 0.2) is 0 Å². The summed E-state index contributed by atoms with van der Waals surface area (Å²) in [5.41, 5.74) is -2.90. The van der Waals surface area contributed by atoms with Gasteiger partial charge in [-0.15, -0.1) is 0 Å². The highest BCUT2D eigenvalue weighted by Crippen LogP contribution is 2.77. The molecule has 0 aromatic rings. The molecule has 0 aromatic heterocycles. The van der Waals surface area contributed by atoms with Gasteiger partial charge in [0.25, 0.3) is 0 Å². The molecule has 0 saturated heterocycles. The number of ketones is 1. The molecule has 40 heavy (non-hydrogen) atoms. The lowest BCUT2D eigenvalue weighted by Crippen LogP contribution is -2.69. The van der Waals surface area contributed by atoms with E-state index in [0.717, 1.165) is 25.7 Å². The topological polar surface area (TPSA) is 80.7 Å². The Bertz CT molecular complexity index is 1110. The SMILES string of the molecule is CC1(C)CC[C@]2(C(=O)O)CC[C@]3(C)[C@H](CC[C@@H]4[C@@]5(C)CCC(=O)C(C)(C)[C@@H]5CC[C@]43C)[C@H]2[C@H]1OC(=O)C(F)(F)F. The Hall–Kier alpha value is -1.60. The number of aliphatic carboxylic acids is 1. The lowest BCUT2D eigenvalue weighted by atomic mass is 9.31. The highest BCUT2D eigenvalue weighted by atomic mass is 19.4. The number of carbonyl (C=O) groups excluding carboxylic acids is 2. The molecule has 0 heterocycles. The number of esters is 1. The molecule has 5 aliphatic rings. The molecule has 8 heteroatoms. The summed E-state index contributed by atoms with van der Waals surface area (Å²) in [5.74, 6) is -3.12. The Morgan fingerprint density at radius 3 is 2.05 bits per heavy atom. The maximum atomic E-state index is 13.5. The van der Waals surface area contributed by atoms with Gasteiger partial charge >= 0.3 is 18.1 Å². The number of halogens is 3. The first kappa shape index (κ1) is 29.9. The monoisotopic (exact) mass is 568 g/mol. The van der Waals surface area contributed by atoms with E-state index in [2.05, 4.69) is 34.6 Å². The Morgan fingerprint density at radius 1 is 0.825 bits per heavy atom. The Balaban J connectivity index is 1.60. The van der Waals surface area contributed by atoms with Crippen molar-refractivity contribution in [1.82, 2.24) is 0 Å². The van der Waals surface area contributed by atoms with E-state index < -0.39 is 41.0 Å². The first-order valence-corrected chi connectivity index (χ1v) is 15.2. The van der Waals surface area contributed by atoms with Gasteiger partial charge in [-0.05, 0) is 91.8 Å². The molecule has 0 aliphatic heterocycles. The van der Waals surface area contributed by atoms with Gasteiger partial charge in [0, 0.05) is 23.2 Å². The number of ether oxygens (including phenoxy) is 1. The first-order chi connectivity index (χ1) is 18.2. The van der Waals surface area contributed by atoms with E-state index in [1.165, 1.54) is 0 Å². The standard InChI is InChI=1S/C32H47F3O5/c1-26(2)14-16-31(24(37)38)17-15-29(6)18(22(31)23(26)40-25(39)32(33,34)35)8-9-20-28(5)12-11-21(36)27(3,4)19(28)10-13-30(20,29)7/h18-20,22-23H,8-17H2,1-7H3,(H,37,38)/t18-,19+,20-,22+,23-,28+,29-,30-,31+/m1/s1. The molecular formula is C32H47F3O5. The fraction of sp³-hybridized carbons (Fsp3) is 0.906. The van der Waals surface area contributed by atoms with Crippen molar-refractivity contribution in [2.45, 2.75) is 125 Å². The van der Waals surface area contributed by atoms with E-state index in [1.807, 2.05) is 13.8 Å². The van der Waals surface area contributed by atoms with Crippen LogP contribution in [0.1, 0.15) is 113 Å². The van der Waals surface area contributed by atoms with E-state index in [0.29, 0.717) is 50.2 Å². The summed E-state index contributed by atoms with van der Waals surface area (Å²) in [6, 6.07) is 0. The predicted octanol–water partition coefficient (Wildman–Crippen LogP) is 7.61. The second kappa shape index (κ2) is 8.72. The first-order valence-electron chi connectivity index (χ1n) is 15.2. The molecule has 5 aliphatic carbocycles. The van der Waals surface area contributed by atoms with Gasteiger partial charge in [-0.25, -0.2) is 4.79 Å². The van der Waals surface area contributed by atoms with Crippen LogP contribution in [0.4, 0.5) is 13.2 Å². The number of carbonyl (C=O) groups is 3. The molecule has 226 valence electrons. The second-order valence-corrected chi connectivity index (χ2v) is 16.1. The van der Waals surface area contributed by atoms with E-state index >= 15 is 0 Å². The quantitative estimate of drug-likeness (QED) is 0.347. The number of hydrogen-bond acceptors (Lipinski definition) is 4. The highest BCUT2D eigenvalue weighted by molar-refractivity contribution is 5.85. The van der Waals surface area contributed by atoms with Crippen LogP contribution in [-0.2, 0) is 19.1 Å². The third-order valence-corrected chi connectivity index (χ3v) is 14.0. The van der Waals surface area contributed by atoms with Crippen LogP contribution in [0, 0.1) is 56.2 Å². The van der Waals surface area contributed by atoms with Crippen LogP contribution in [-0.4, -0.2) is 35.1 Å². The molecule has 5 fully saturated rings. The van der Waals surface area contributed by atoms with Crippen molar-refractivity contribution in [3.8, 4) is 0 Å². The predicted molar refractivity (Wildman–Crippen MR) is 143 cm³/mol. The van der Waals surface area contributed by atoms with Crippen LogP contribution < -0.4 is 0 Å². The Morgan fingerprint density at radius 2 is 1.45 bits per heavy atom. The molecular weight excluding hydrogens is 521 g/mol. The van der Waals surface area contributed by atoms with Crippen molar-refractivity contribution in [1.29, 1.82) is 0 Å². The van der Waals surface area contributed by atoms with Crippen molar-refractivity contribution in [2.24, 2.45) is 56.2 Å². The zero-order valence-electron chi connectivity index (χ0n) is 25.2. The maximum absolute atomic E-state index is 13.5. The van der Waals surface area contributed by atoms with Crippen molar-refractivity contribution in [3.05, 3.63) is 0 Å². The molecule has 0 unspecified atom stereocenters. The molecule has 0 bridgehead atoms. The fourth-order valence-electron chi connectivity index (χ4n) is 11.6. The molecule has 5 rings (SSSR count). The summed E-state index contributed by atoms with van der Waals surface area (Å²) < 4.78 is 45.9. The summed E-state index contributed by atoms with van der Waals surface area (Å²) in [7, 11) is 0. The minimum absolute atomic E-state index is 0.0340. The van der Waals surface area contributed by atoms with Crippen LogP contribution in [0.2, 0.25) is 0 Å². The number of hydrogen-bond donors (Lipinski definition) is 1. The molecule has 5 nitrogen and oxygen atoms in total. The minimum atomic E-state index is -5.14. The lowest BCUT2D eigenvalue weighted by Gasteiger charge is -2.73. The van der Waals surface area contributed by atoms with Gasteiger partial charge in [0.1, 0.15) is 11.9 Å². The zero-order chi connectivity index (χ0) is 29.9. The molecule has 0 radical (unpaired) electrons. The van der Waals surface area contributed by atoms with E-state index in [4.69, 9.17) is 4.74 Å². The molecule has 1 N–H and O–H groups in total. The third kappa shape index (κ3) is 3.74. The van der Waals surface area contributed by atoms with Crippen LogP contribution in [0.15, 0.2) is 0 Å². The second-order valence-electron chi connectivity index (χ2n) is 16.1. The smallest absolute Gasteiger partial charge is 0.481 e. The van der Waals surface area contributed by atoms with Crippen LogP contribution in [0.3, 0.4) is 0 Å². The normalized spacial score (nSPS) is 47.6. The summed E-state index contributed by atoms with van der Waals surface area (Å²) >= 11 is 0. The van der Waals surface area contributed by atoms with Crippen LogP contribution >= 0.6 is 0 Å². The molecule has 5 saturated carbocycles. The van der Waals surface area contributed by atoms with E-state index in [1.54, 1.807) is 0 Å². The number of carboxylic acids is 1. The van der Waals surface area contributed by atoms with Gasteiger partial charge in [-0.2, -0.15) is 13.2 Å². The molecule has 0 amide bonds. The van der Waals surface area contributed by atoms with Crippen molar-refractivity contribution < 1.29 is 37.4 Å². The largest absolute Gasteiger partial charge is 0.490 e. The van der Waals surface area contributed by atoms with E-state index in [-0.39, 0.29) is 33.5 Å². The number of rotatable bonds is 2. The van der Waals surface area contributed by atoms with Crippen molar-refractivity contribution in [2.75, 3.05) is 0 Å². The number of fused-ring (bicyclic) bond motifs is 7. The summed E-state index contributed by atoms with van der Waals surface area (Å²) in [6.07, 6.45) is 0.351. The number of alkyl halides is 3. The van der Waals surface area contributed by atoms with Gasteiger partial charge in [0.2, 0.25) is 0 Å². The Kier molecular flexibility index (Phi) is 6.51. The molecule has 9 atom stereocenters. The summed E-state index contributed by atoms with van der Waals surface area (Å²) in [5, 5.41) is 10.7. The highest BCUT2D eigenvalue weighted by Gasteiger charge is 2.73. The van der Waals surface area contributed by atoms with Gasteiger partial charge < -0.3 is 9.84 Å². The zero-order valence-corrected chi connectivity index (χ0v) is 25.2. The Labute approximate surface area is 236 Å². The van der Waals surface area contributed by atoms with Crippen molar-refractivity contribution in [3.63, 3.8) is 0 Å². The average Bonchev–Trinajstić information content (AvgIpc) is 2.83. The minimum Gasteiger partial charge on any atom is -0.481 e. The van der Waals surface area contributed by atoms with Crippen LogP contribution in [0.5, 0.6) is 0 Å². The van der Waals surface area contributed by atoms with Gasteiger partial charge in [0.05, 0.1) is 5.41 Å². The molecule has 0 aromatic carbocycles. The summed E-state index contributed by atoms with van der Waals surface area (Å²) in [4.78, 5) is 38.3. The summed E-state index contributed by atoms with van der Waals surface area (Å²) in [6.45, 7) is 14.8.